The third-order valence-corrected chi connectivity index (χ3v) is 3.02. The Hall–Kier alpha value is -1.92. The van der Waals surface area contributed by atoms with E-state index in [0.29, 0.717) is 12.2 Å². The van der Waals surface area contributed by atoms with Crippen molar-refractivity contribution in [3.63, 3.8) is 0 Å². The Morgan fingerprint density at radius 2 is 2.10 bits per heavy atom. The Labute approximate surface area is 119 Å². The first-order valence-electron chi connectivity index (χ1n) is 5.58. The highest BCUT2D eigenvalue weighted by Gasteiger charge is 2.33. The second-order valence-electron chi connectivity index (χ2n) is 3.76. The van der Waals surface area contributed by atoms with Crippen molar-refractivity contribution < 1.29 is 18.0 Å². The first-order chi connectivity index (χ1) is 9.34. The predicted octanol–water partition coefficient (Wildman–Crippen LogP) is 3.60. The first kappa shape index (κ1) is 16.1. The molecular formula is C14H10F3NOS. The average molecular weight is 297 g/mol. The normalized spacial score (nSPS) is 10.3. The zero-order valence-electron chi connectivity index (χ0n) is 10.5. The van der Waals surface area contributed by atoms with E-state index >= 15 is 0 Å². The molecule has 0 saturated carbocycles. The van der Waals surface area contributed by atoms with Gasteiger partial charge in [-0.1, -0.05) is 23.6 Å². The second kappa shape index (κ2) is 7.02. The molecule has 0 bridgehead atoms. The molecular weight excluding hydrogens is 287 g/mol. The molecule has 1 aromatic carbocycles. The fourth-order valence-electron chi connectivity index (χ4n) is 1.36. The van der Waals surface area contributed by atoms with E-state index in [4.69, 9.17) is 5.26 Å². The molecule has 104 valence electrons. The third-order valence-electron chi connectivity index (χ3n) is 2.21. The molecule has 0 aliphatic carbocycles. The highest BCUT2D eigenvalue weighted by atomic mass is 32.2. The molecule has 0 atom stereocenters. The van der Waals surface area contributed by atoms with E-state index in [1.807, 2.05) is 0 Å². The molecule has 0 unspecified atom stereocenters. The van der Waals surface area contributed by atoms with Crippen molar-refractivity contribution in [2.24, 2.45) is 0 Å². The van der Waals surface area contributed by atoms with E-state index in [2.05, 4.69) is 11.8 Å². The summed E-state index contributed by atoms with van der Waals surface area (Å²) in [4.78, 5) is 10.7. The number of benzene rings is 1. The van der Waals surface area contributed by atoms with Crippen LogP contribution in [-0.2, 0) is 11.0 Å². The zero-order chi connectivity index (χ0) is 15.2. The van der Waals surface area contributed by atoms with Crippen molar-refractivity contribution >= 4 is 16.9 Å². The molecule has 0 saturated heterocycles. The van der Waals surface area contributed by atoms with Gasteiger partial charge in [0.25, 0.3) is 0 Å². The molecule has 0 spiro atoms. The van der Waals surface area contributed by atoms with Crippen LogP contribution in [0.4, 0.5) is 13.2 Å². The van der Waals surface area contributed by atoms with Crippen LogP contribution in [-0.4, -0.2) is 10.9 Å². The van der Waals surface area contributed by atoms with Gasteiger partial charge in [0, 0.05) is 24.7 Å². The summed E-state index contributed by atoms with van der Waals surface area (Å²) >= 11 is 1.08. The van der Waals surface area contributed by atoms with Crippen molar-refractivity contribution in [3.05, 3.63) is 34.9 Å². The van der Waals surface area contributed by atoms with E-state index in [0.717, 1.165) is 17.8 Å². The number of hydrogen-bond donors (Lipinski definition) is 0. The minimum absolute atomic E-state index is 0.0545. The average Bonchev–Trinajstić information content (AvgIpc) is 2.37. The molecule has 1 rings (SSSR count). The minimum atomic E-state index is -4.55. The van der Waals surface area contributed by atoms with Crippen LogP contribution in [0.25, 0.3) is 0 Å². The Kier molecular flexibility index (Phi) is 5.66. The van der Waals surface area contributed by atoms with Crippen LogP contribution in [0.15, 0.2) is 18.2 Å². The Balaban J connectivity index is 2.93. The van der Waals surface area contributed by atoms with Crippen molar-refractivity contribution in [1.82, 2.24) is 0 Å². The summed E-state index contributed by atoms with van der Waals surface area (Å²) in [5, 5.41) is 8.57. The van der Waals surface area contributed by atoms with E-state index in [1.54, 1.807) is 6.07 Å². The van der Waals surface area contributed by atoms with E-state index < -0.39 is 11.7 Å². The maximum absolute atomic E-state index is 12.8. The number of nitriles is 1. The third kappa shape index (κ3) is 4.99. The Bertz CT molecular complexity index is 606. The number of carbonyl (C=O) groups excluding carboxylic acids is 1. The second-order valence-corrected chi connectivity index (χ2v) is 5.03. The van der Waals surface area contributed by atoms with Crippen molar-refractivity contribution in [2.75, 3.05) is 5.75 Å². The van der Waals surface area contributed by atoms with Crippen LogP contribution in [0.3, 0.4) is 0 Å². The lowest BCUT2D eigenvalue weighted by Crippen LogP contribution is -2.08. The van der Waals surface area contributed by atoms with Gasteiger partial charge in [0.2, 0.25) is 0 Å². The number of thioether (sulfide) groups is 1. The molecule has 0 amide bonds. The number of alkyl halides is 3. The number of rotatable bonds is 2. The molecule has 6 heteroatoms. The monoisotopic (exact) mass is 297 g/mol. The molecule has 0 N–H and O–H groups in total. The van der Waals surface area contributed by atoms with E-state index in [1.165, 1.54) is 19.1 Å². The number of nitrogens with zero attached hydrogens (tertiary/aromatic N) is 1. The van der Waals surface area contributed by atoms with Gasteiger partial charge in [-0.25, -0.2) is 0 Å². The summed E-state index contributed by atoms with van der Waals surface area (Å²) in [6.07, 6.45) is -4.23. The summed E-state index contributed by atoms with van der Waals surface area (Å²) < 4.78 is 38.5. The zero-order valence-corrected chi connectivity index (χ0v) is 11.4. The Morgan fingerprint density at radius 1 is 1.40 bits per heavy atom. The number of halogens is 3. The molecule has 2 nitrogen and oxygen atoms in total. The van der Waals surface area contributed by atoms with Gasteiger partial charge in [0.15, 0.2) is 5.12 Å². The summed E-state index contributed by atoms with van der Waals surface area (Å²) in [7, 11) is 0. The van der Waals surface area contributed by atoms with Crippen LogP contribution in [0, 0.1) is 23.2 Å². The first-order valence-corrected chi connectivity index (χ1v) is 6.56. The summed E-state index contributed by atoms with van der Waals surface area (Å²) in [6.45, 7) is 1.42. The molecule has 0 heterocycles. The van der Waals surface area contributed by atoms with Gasteiger partial charge in [-0.05, 0) is 18.2 Å². The summed E-state index contributed by atoms with van der Waals surface area (Å²) in [5.74, 6) is 5.49. The lowest BCUT2D eigenvalue weighted by Gasteiger charge is -2.09. The number of carbonyl (C=O) groups is 1. The van der Waals surface area contributed by atoms with Gasteiger partial charge in [-0.3, -0.25) is 4.79 Å². The van der Waals surface area contributed by atoms with Crippen LogP contribution in [0.2, 0.25) is 0 Å². The Morgan fingerprint density at radius 3 is 2.65 bits per heavy atom. The standard InChI is InChI=1S/C14H10F3NOS/c1-10(19)20-7-3-2-4-12-6-5-11(9-18)8-13(12)14(15,16)17/h5-6,8H,3,7H2,1H3. The summed E-state index contributed by atoms with van der Waals surface area (Å²) in [5.41, 5.74) is -1.14. The number of hydrogen-bond acceptors (Lipinski definition) is 3. The van der Waals surface area contributed by atoms with Gasteiger partial charge >= 0.3 is 6.18 Å². The van der Waals surface area contributed by atoms with Crippen LogP contribution in [0.1, 0.15) is 30.0 Å². The fourth-order valence-corrected chi connectivity index (χ4v) is 1.85. The van der Waals surface area contributed by atoms with Crippen LogP contribution in [0.5, 0.6) is 0 Å². The smallest absolute Gasteiger partial charge is 0.288 e. The maximum atomic E-state index is 12.8. The molecule has 20 heavy (non-hydrogen) atoms. The molecule has 0 aliphatic heterocycles. The van der Waals surface area contributed by atoms with Gasteiger partial charge < -0.3 is 0 Å². The molecule has 1 aromatic rings. The topological polar surface area (TPSA) is 40.9 Å². The highest BCUT2D eigenvalue weighted by molar-refractivity contribution is 8.13. The van der Waals surface area contributed by atoms with Crippen molar-refractivity contribution in [3.8, 4) is 17.9 Å². The lowest BCUT2D eigenvalue weighted by molar-refractivity contribution is -0.137. The fraction of sp³-hybridized carbons (Fsp3) is 0.286. The maximum Gasteiger partial charge on any atom is 0.417 e. The SMILES string of the molecule is CC(=O)SCCC#Cc1ccc(C#N)cc1C(F)(F)F. The van der Waals surface area contributed by atoms with Gasteiger partial charge in [-0.2, -0.15) is 18.4 Å². The van der Waals surface area contributed by atoms with E-state index in [-0.39, 0.29) is 16.2 Å². The lowest BCUT2D eigenvalue weighted by atomic mass is 10.0. The van der Waals surface area contributed by atoms with E-state index in [9.17, 15) is 18.0 Å². The van der Waals surface area contributed by atoms with Crippen LogP contribution >= 0.6 is 11.8 Å². The predicted molar refractivity (Wildman–Crippen MR) is 70.8 cm³/mol. The quantitative estimate of drug-likeness (QED) is 0.618. The highest BCUT2D eigenvalue weighted by Crippen LogP contribution is 2.32. The van der Waals surface area contributed by atoms with Gasteiger partial charge in [-0.15, -0.1) is 0 Å². The van der Waals surface area contributed by atoms with Gasteiger partial charge in [0.05, 0.1) is 17.2 Å². The summed E-state index contributed by atoms with van der Waals surface area (Å²) in [6, 6.07) is 4.93. The molecule has 0 fully saturated rings. The van der Waals surface area contributed by atoms with Crippen LogP contribution < -0.4 is 0 Å². The molecule has 0 aromatic heterocycles. The van der Waals surface area contributed by atoms with Crippen molar-refractivity contribution in [2.45, 2.75) is 19.5 Å². The molecule has 0 aliphatic rings. The molecule has 0 radical (unpaired) electrons. The largest absolute Gasteiger partial charge is 0.417 e. The van der Waals surface area contributed by atoms with Crippen molar-refractivity contribution in [1.29, 1.82) is 5.26 Å². The van der Waals surface area contributed by atoms with Gasteiger partial charge in [0.1, 0.15) is 0 Å². The minimum Gasteiger partial charge on any atom is -0.288 e.